The zero-order chi connectivity index (χ0) is 13.7. The van der Waals surface area contributed by atoms with Crippen LogP contribution in [-0.4, -0.2) is 15.8 Å². The molecule has 18 heavy (non-hydrogen) atoms. The molecule has 0 heterocycles. The number of rotatable bonds is 4. The number of benzene rings is 1. The number of nitro benzene ring substituents is 1. The summed E-state index contributed by atoms with van der Waals surface area (Å²) in [5.41, 5.74) is 7.16. The maximum atomic E-state index is 10.8. The van der Waals surface area contributed by atoms with Gasteiger partial charge in [0.05, 0.1) is 4.92 Å². The van der Waals surface area contributed by atoms with Crippen LogP contribution in [0.15, 0.2) is 18.2 Å². The average molecular weight is 266 g/mol. The normalized spacial score (nSPS) is 10.8. The zero-order valence-electron chi connectivity index (χ0n) is 10.2. The monoisotopic (exact) mass is 266 g/mol. The minimum Gasteiger partial charge on any atom is -0.393 e. The van der Waals surface area contributed by atoms with Gasteiger partial charge >= 0.3 is 0 Å². The van der Waals surface area contributed by atoms with Crippen molar-refractivity contribution in [2.24, 2.45) is 0 Å². The summed E-state index contributed by atoms with van der Waals surface area (Å²) in [5.74, 6) is 0.524. The summed E-state index contributed by atoms with van der Waals surface area (Å²) in [6.07, 6.45) is 3.46. The lowest BCUT2D eigenvalue weighted by atomic mass is 10.1. The molecule has 0 spiro atoms. The van der Waals surface area contributed by atoms with E-state index in [-0.39, 0.29) is 16.5 Å². The molecule has 0 unspecified atom stereocenters. The molecule has 0 aliphatic heterocycles. The first-order valence-corrected chi connectivity index (χ1v) is 6.24. The van der Waals surface area contributed by atoms with Crippen LogP contribution in [0.25, 0.3) is 6.08 Å². The van der Waals surface area contributed by atoms with E-state index >= 15 is 0 Å². The Bertz CT molecular complexity index is 512. The lowest BCUT2D eigenvalue weighted by Gasteiger charge is -2.03. The number of nitrogens with zero attached hydrogens (tertiary/aromatic N) is 1. The molecule has 0 radical (unpaired) electrons. The number of carbonyl (C=O) groups excluding carboxylic acids is 1. The molecule has 6 heteroatoms. The van der Waals surface area contributed by atoms with Crippen LogP contribution in [0.2, 0.25) is 0 Å². The second kappa shape index (κ2) is 6.20. The van der Waals surface area contributed by atoms with E-state index in [2.05, 4.69) is 0 Å². The molecule has 0 bridgehead atoms. The fourth-order valence-corrected chi connectivity index (χ4v) is 1.86. The second-order valence-corrected chi connectivity index (χ2v) is 4.95. The van der Waals surface area contributed by atoms with Crippen molar-refractivity contribution in [1.29, 1.82) is 0 Å². The molecule has 2 N–H and O–H groups in total. The van der Waals surface area contributed by atoms with E-state index in [0.29, 0.717) is 11.3 Å². The van der Waals surface area contributed by atoms with Crippen molar-refractivity contribution < 1.29 is 9.72 Å². The van der Waals surface area contributed by atoms with Gasteiger partial charge in [0, 0.05) is 24.3 Å². The van der Waals surface area contributed by atoms with Crippen LogP contribution in [0.4, 0.5) is 11.4 Å². The number of aryl methyl sites for hydroxylation is 1. The van der Waals surface area contributed by atoms with Crippen molar-refractivity contribution in [2.75, 3.05) is 11.5 Å². The minimum atomic E-state index is -0.496. The third kappa shape index (κ3) is 3.89. The number of hydrogen-bond donors (Lipinski definition) is 1. The summed E-state index contributed by atoms with van der Waals surface area (Å²) in [4.78, 5) is 21.0. The van der Waals surface area contributed by atoms with Gasteiger partial charge in [0.2, 0.25) is 0 Å². The van der Waals surface area contributed by atoms with Crippen LogP contribution in [0, 0.1) is 17.0 Å². The Morgan fingerprint density at radius 2 is 2.22 bits per heavy atom. The minimum absolute atomic E-state index is 0.0304. The molecule has 96 valence electrons. The number of anilines is 1. The molecule has 1 rings (SSSR count). The summed E-state index contributed by atoms with van der Waals surface area (Å²) in [6, 6.07) is 3.22. The Labute approximate surface area is 109 Å². The standard InChI is InChI=1S/C12H14N2O3S/c1-8-6-10(4-3-5-18-9(2)15)12(13)11(7-8)14(16)17/h3-4,6-7H,5,13H2,1-2H3. The average Bonchev–Trinajstić information content (AvgIpc) is 2.27. The summed E-state index contributed by atoms with van der Waals surface area (Å²) in [7, 11) is 0. The third-order valence-corrected chi connectivity index (χ3v) is 2.98. The lowest BCUT2D eigenvalue weighted by molar-refractivity contribution is -0.383. The molecule has 0 saturated carbocycles. The molecule has 1 aromatic rings. The number of hydrogen-bond acceptors (Lipinski definition) is 5. The topological polar surface area (TPSA) is 86.2 Å². The molecule has 0 aliphatic rings. The largest absolute Gasteiger partial charge is 0.393 e. The van der Waals surface area contributed by atoms with Gasteiger partial charge in [-0.25, -0.2) is 0 Å². The van der Waals surface area contributed by atoms with Crippen molar-refractivity contribution in [3.63, 3.8) is 0 Å². The van der Waals surface area contributed by atoms with Crippen molar-refractivity contribution in [1.82, 2.24) is 0 Å². The van der Waals surface area contributed by atoms with Gasteiger partial charge in [-0.1, -0.05) is 23.9 Å². The van der Waals surface area contributed by atoms with E-state index in [1.807, 2.05) is 0 Å². The summed E-state index contributed by atoms with van der Waals surface area (Å²) in [5, 5.41) is 10.8. The van der Waals surface area contributed by atoms with Gasteiger partial charge in [0.25, 0.3) is 5.69 Å². The van der Waals surface area contributed by atoms with Crippen LogP contribution in [-0.2, 0) is 4.79 Å². The Hall–Kier alpha value is -1.82. The van der Waals surface area contributed by atoms with E-state index in [4.69, 9.17) is 5.73 Å². The van der Waals surface area contributed by atoms with E-state index in [9.17, 15) is 14.9 Å². The van der Waals surface area contributed by atoms with Gasteiger partial charge in [-0.05, 0) is 18.6 Å². The molecule has 0 atom stereocenters. The molecule has 5 nitrogen and oxygen atoms in total. The second-order valence-electron chi connectivity index (χ2n) is 3.75. The highest BCUT2D eigenvalue weighted by atomic mass is 32.2. The Morgan fingerprint density at radius 3 is 2.78 bits per heavy atom. The van der Waals surface area contributed by atoms with Gasteiger partial charge in [-0.3, -0.25) is 14.9 Å². The van der Waals surface area contributed by atoms with Crippen molar-refractivity contribution in [2.45, 2.75) is 13.8 Å². The van der Waals surface area contributed by atoms with Crippen LogP contribution in [0.3, 0.4) is 0 Å². The van der Waals surface area contributed by atoms with E-state index in [1.54, 1.807) is 25.1 Å². The van der Waals surface area contributed by atoms with Crippen LogP contribution < -0.4 is 5.73 Å². The van der Waals surface area contributed by atoms with Crippen LogP contribution >= 0.6 is 11.8 Å². The number of carbonyl (C=O) groups is 1. The number of nitro groups is 1. The Balaban J connectivity index is 2.95. The molecule has 0 saturated heterocycles. The first-order chi connectivity index (χ1) is 8.41. The van der Waals surface area contributed by atoms with Crippen molar-refractivity contribution in [3.05, 3.63) is 39.4 Å². The molecule has 0 amide bonds. The Morgan fingerprint density at radius 1 is 1.56 bits per heavy atom. The first kappa shape index (κ1) is 14.2. The summed E-state index contributed by atoms with van der Waals surface area (Å²) < 4.78 is 0. The van der Waals surface area contributed by atoms with Crippen LogP contribution in [0.1, 0.15) is 18.1 Å². The van der Waals surface area contributed by atoms with E-state index in [1.165, 1.54) is 24.8 Å². The fourth-order valence-electron chi connectivity index (χ4n) is 1.44. The molecular weight excluding hydrogens is 252 g/mol. The fraction of sp³-hybridized carbons (Fsp3) is 0.250. The number of nitrogens with two attached hydrogens (primary N) is 1. The van der Waals surface area contributed by atoms with Gasteiger partial charge in [0.15, 0.2) is 5.12 Å². The number of thioether (sulfide) groups is 1. The van der Waals surface area contributed by atoms with Crippen molar-refractivity contribution in [3.8, 4) is 0 Å². The first-order valence-electron chi connectivity index (χ1n) is 5.26. The molecule has 0 aromatic heterocycles. The summed E-state index contributed by atoms with van der Waals surface area (Å²) in [6.45, 7) is 3.26. The van der Waals surface area contributed by atoms with Crippen LogP contribution in [0.5, 0.6) is 0 Å². The SMILES string of the molecule is CC(=O)SCC=Cc1cc(C)cc([N+](=O)[O-])c1N. The van der Waals surface area contributed by atoms with Gasteiger partial charge < -0.3 is 5.73 Å². The van der Waals surface area contributed by atoms with Gasteiger partial charge in [0.1, 0.15) is 5.69 Å². The zero-order valence-corrected chi connectivity index (χ0v) is 11.0. The quantitative estimate of drug-likeness (QED) is 0.514. The smallest absolute Gasteiger partial charge is 0.292 e. The highest BCUT2D eigenvalue weighted by Gasteiger charge is 2.14. The molecule has 0 fully saturated rings. The van der Waals surface area contributed by atoms with Gasteiger partial charge in [-0.15, -0.1) is 0 Å². The summed E-state index contributed by atoms with van der Waals surface area (Å²) >= 11 is 1.17. The Kier molecular flexibility index (Phi) is 4.91. The molecule has 1 aromatic carbocycles. The maximum absolute atomic E-state index is 10.8. The predicted molar refractivity (Wildman–Crippen MR) is 74.4 cm³/mol. The van der Waals surface area contributed by atoms with E-state index in [0.717, 1.165) is 5.56 Å². The highest BCUT2D eigenvalue weighted by Crippen LogP contribution is 2.28. The van der Waals surface area contributed by atoms with E-state index < -0.39 is 4.92 Å². The highest BCUT2D eigenvalue weighted by molar-refractivity contribution is 8.13. The predicted octanol–water partition coefficient (Wildman–Crippen LogP) is 2.78. The molecular formula is C12H14N2O3S. The number of nitrogen functional groups attached to an aromatic ring is 1. The van der Waals surface area contributed by atoms with Gasteiger partial charge in [-0.2, -0.15) is 0 Å². The van der Waals surface area contributed by atoms with Crippen molar-refractivity contribution >= 4 is 34.3 Å². The third-order valence-electron chi connectivity index (χ3n) is 2.21. The maximum Gasteiger partial charge on any atom is 0.292 e. The lowest BCUT2D eigenvalue weighted by Crippen LogP contribution is -1.98. The molecule has 0 aliphatic carbocycles.